The third-order valence-electron chi connectivity index (χ3n) is 9.85. The number of alkyl halides is 1. The molecule has 3 fully saturated rings. The number of fused-ring (bicyclic) bond motifs is 1. The van der Waals surface area contributed by atoms with Crippen molar-refractivity contribution < 1.29 is 22.3 Å². The van der Waals surface area contributed by atoms with Gasteiger partial charge in [-0.25, -0.2) is 22.8 Å². The van der Waals surface area contributed by atoms with Crippen LogP contribution in [0, 0.1) is 5.92 Å². The van der Waals surface area contributed by atoms with Gasteiger partial charge in [-0.1, -0.05) is 20.4 Å². The maximum atomic E-state index is 14.7. The zero-order valence-corrected chi connectivity index (χ0v) is 29.0. The minimum atomic E-state index is -3.11. The van der Waals surface area contributed by atoms with Gasteiger partial charge in [-0.05, 0) is 78.3 Å². The minimum absolute atomic E-state index is 0.0439. The number of carbonyl (C=O) groups is 1. The second kappa shape index (κ2) is 13.9. The standard InChI is InChI=1S/C35H46FN7O4S/c1-6-33(44)43-13-7-8-28(43)25-16-29(41-14-10-23(19-41)21-48(5,45)46)26-18-38-32(17-24(26)34(25)22(2)3)39-31-9-12-37-35(40-31)42-15-11-30(47-4)27(36)20-42/h6,9,12,16-18,22-23,27-28,30H,1,7-8,10-11,13-15,19-21H2,2-5H3,(H,37,38,39,40)/t23-,27-,28+,30+/m0/s1. The van der Waals surface area contributed by atoms with Gasteiger partial charge in [-0.15, -0.1) is 0 Å². The molecule has 0 spiro atoms. The van der Waals surface area contributed by atoms with Crippen molar-refractivity contribution in [2.45, 2.75) is 63.8 Å². The lowest BCUT2D eigenvalue weighted by molar-refractivity contribution is -0.126. The minimum Gasteiger partial charge on any atom is -0.378 e. The predicted octanol–water partition coefficient (Wildman–Crippen LogP) is 5.18. The number of methoxy groups -OCH3 is 1. The number of hydrogen-bond acceptors (Lipinski definition) is 10. The summed E-state index contributed by atoms with van der Waals surface area (Å²) < 4.78 is 44.2. The first-order chi connectivity index (χ1) is 23.0. The van der Waals surface area contributed by atoms with E-state index in [1.807, 2.05) is 22.1 Å². The van der Waals surface area contributed by atoms with Crippen molar-refractivity contribution in [2.24, 2.45) is 5.92 Å². The Morgan fingerprint density at radius 3 is 2.60 bits per heavy atom. The maximum absolute atomic E-state index is 14.7. The Morgan fingerprint density at radius 1 is 1.10 bits per heavy atom. The third-order valence-corrected chi connectivity index (χ3v) is 10.9. The Hall–Kier alpha value is -3.84. The first-order valence-electron chi connectivity index (χ1n) is 16.8. The molecule has 0 aliphatic carbocycles. The molecule has 0 bridgehead atoms. The van der Waals surface area contributed by atoms with E-state index in [2.05, 4.69) is 41.7 Å². The van der Waals surface area contributed by atoms with Crippen LogP contribution < -0.4 is 15.1 Å². The highest BCUT2D eigenvalue weighted by Crippen LogP contribution is 2.44. The van der Waals surface area contributed by atoms with Crippen LogP contribution in [0.2, 0.25) is 0 Å². The number of halogens is 1. The number of piperidine rings is 1. The molecule has 1 aromatic carbocycles. The van der Waals surface area contributed by atoms with Crippen LogP contribution in [0.15, 0.2) is 43.2 Å². The lowest BCUT2D eigenvalue weighted by atomic mass is 9.86. The number of amides is 1. The van der Waals surface area contributed by atoms with E-state index in [9.17, 15) is 17.6 Å². The van der Waals surface area contributed by atoms with Crippen LogP contribution in [0.1, 0.15) is 62.6 Å². The summed E-state index contributed by atoms with van der Waals surface area (Å²) in [7, 11) is -1.57. The molecule has 3 aliphatic heterocycles. The highest BCUT2D eigenvalue weighted by Gasteiger charge is 2.34. The van der Waals surface area contributed by atoms with Gasteiger partial charge in [0.1, 0.15) is 27.6 Å². The fraction of sp³-hybridized carbons (Fsp3) is 0.543. The summed E-state index contributed by atoms with van der Waals surface area (Å²) >= 11 is 0. The number of anilines is 4. The van der Waals surface area contributed by atoms with Crippen LogP contribution >= 0.6 is 0 Å². The van der Waals surface area contributed by atoms with E-state index >= 15 is 0 Å². The van der Waals surface area contributed by atoms with Gasteiger partial charge in [0.15, 0.2) is 0 Å². The van der Waals surface area contributed by atoms with Crippen LogP contribution in [0.4, 0.5) is 27.7 Å². The first kappa shape index (κ1) is 34.0. The molecule has 5 heterocycles. The molecular formula is C35H46FN7O4S. The summed E-state index contributed by atoms with van der Waals surface area (Å²) in [6.45, 7) is 10.9. The van der Waals surface area contributed by atoms with Crippen LogP contribution in [0.3, 0.4) is 0 Å². The smallest absolute Gasteiger partial charge is 0.246 e. The van der Waals surface area contributed by atoms with E-state index in [0.29, 0.717) is 43.6 Å². The van der Waals surface area contributed by atoms with Crippen molar-refractivity contribution in [1.29, 1.82) is 0 Å². The number of benzene rings is 1. The maximum Gasteiger partial charge on any atom is 0.246 e. The van der Waals surface area contributed by atoms with Crippen LogP contribution in [0.25, 0.3) is 10.8 Å². The monoisotopic (exact) mass is 679 g/mol. The van der Waals surface area contributed by atoms with E-state index < -0.39 is 22.1 Å². The second-order valence-corrected chi connectivity index (χ2v) is 15.8. The molecule has 0 radical (unpaired) electrons. The molecule has 1 N–H and O–H groups in total. The van der Waals surface area contributed by atoms with Crippen LogP contribution in [0.5, 0.6) is 0 Å². The molecule has 48 heavy (non-hydrogen) atoms. The van der Waals surface area contributed by atoms with Crippen molar-refractivity contribution in [3.05, 3.63) is 54.4 Å². The first-order valence-corrected chi connectivity index (χ1v) is 18.9. The molecular weight excluding hydrogens is 633 g/mol. The molecule has 1 amide bonds. The SMILES string of the molecule is C=CC(=O)N1CCC[C@@H]1c1cc(N2CC[C@H](CS(C)(=O)=O)C2)c2cnc(Nc3ccnc(N4CC[C@@H](OC)[C@@H](F)C4)n3)cc2c1C(C)C. The zero-order valence-electron chi connectivity index (χ0n) is 28.2. The Bertz CT molecular complexity index is 1790. The van der Waals surface area contributed by atoms with Gasteiger partial charge in [-0.2, -0.15) is 4.98 Å². The van der Waals surface area contributed by atoms with Crippen molar-refractivity contribution in [3.8, 4) is 0 Å². The molecule has 11 nitrogen and oxygen atoms in total. The molecule has 2 aromatic heterocycles. The molecule has 13 heteroatoms. The molecule has 258 valence electrons. The quantitative estimate of drug-likeness (QED) is 0.287. The second-order valence-electron chi connectivity index (χ2n) is 13.6. The summed E-state index contributed by atoms with van der Waals surface area (Å²) in [5.41, 5.74) is 3.26. The predicted molar refractivity (Wildman–Crippen MR) is 188 cm³/mol. The number of aromatic nitrogens is 3. The van der Waals surface area contributed by atoms with Gasteiger partial charge in [0.2, 0.25) is 11.9 Å². The lowest BCUT2D eigenvalue weighted by Gasteiger charge is -2.33. The highest BCUT2D eigenvalue weighted by atomic mass is 32.2. The molecule has 3 saturated heterocycles. The lowest BCUT2D eigenvalue weighted by Crippen LogP contribution is -2.46. The Kier molecular flexibility index (Phi) is 9.89. The van der Waals surface area contributed by atoms with Gasteiger partial charge in [-0.3, -0.25) is 4.79 Å². The molecule has 0 saturated carbocycles. The Labute approximate surface area is 282 Å². The van der Waals surface area contributed by atoms with Crippen molar-refractivity contribution in [2.75, 3.05) is 67.0 Å². The normalized spacial score (nSPS) is 23.3. The number of nitrogens with zero attached hydrogens (tertiary/aromatic N) is 6. The fourth-order valence-electron chi connectivity index (χ4n) is 7.71. The van der Waals surface area contributed by atoms with Crippen molar-refractivity contribution in [1.82, 2.24) is 19.9 Å². The number of pyridine rings is 1. The van der Waals surface area contributed by atoms with E-state index in [4.69, 9.17) is 14.7 Å². The summed E-state index contributed by atoms with van der Waals surface area (Å²) in [4.78, 5) is 32.9. The van der Waals surface area contributed by atoms with E-state index in [-0.39, 0.29) is 36.1 Å². The number of ether oxygens (including phenoxy) is 1. The van der Waals surface area contributed by atoms with E-state index in [1.54, 1.807) is 12.3 Å². The number of rotatable bonds is 10. The fourth-order valence-corrected chi connectivity index (χ4v) is 8.84. The summed E-state index contributed by atoms with van der Waals surface area (Å²) in [5.74, 6) is 1.84. The number of likely N-dealkylation sites (tertiary alicyclic amines) is 1. The average Bonchev–Trinajstić information content (AvgIpc) is 3.73. The number of carbonyl (C=O) groups excluding carboxylic acids is 1. The highest BCUT2D eigenvalue weighted by molar-refractivity contribution is 7.90. The van der Waals surface area contributed by atoms with Crippen LogP contribution in [-0.2, 0) is 19.4 Å². The van der Waals surface area contributed by atoms with Gasteiger partial charge < -0.3 is 24.8 Å². The zero-order chi connectivity index (χ0) is 34.2. The van der Waals surface area contributed by atoms with E-state index in [0.717, 1.165) is 53.4 Å². The Morgan fingerprint density at radius 2 is 1.90 bits per heavy atom. The van der Waals surface area contributed by atoms with Crippen molar-refractivity contribution >= 4 is 49.8 Å². The van der Waals surface area contributed by atoms with Crippen LogP contribution in [-0.4, -0.2) is 98.3 Å². The largest absolute Gasteiger partial charge is 0.378 e. The summed E-state index contributed by atoms with van der Waals surface area (Å²) in [6, 6.07) is 5.93. The number of sulfone groups is 1. The van der Waals surface area contributed by atoms with Crippen molar-refractivity contribution in [3.63, 3.8) is 0 Å². The average molecular weight is 680 g/mol. The summed E-state index contributed by atoms with van der Waals surface area (Å²) in [5, 5.41) is 5.36. The van der Waals surface area contributed by atoms with Gasteiger partial charge in [0, 0.05) is 63.0 Å². The molecule has 3 aromatic rings. The van der Waals surface area contributed by atoms with Gasteiger partial charge in [0.05, 0.1) is 24.4 Å². The van der Waals surface area contributed by atoms with E-state index in [1.165, 1.54) is 19.4 Å². The molecule has 4 atom stereocenters. The van der Waals surface area contributed by atoms with Gasteiger partial charge in [0.25, 0.3) is 0 Å². The molecule has 0 unspecified atom stereocenters. The number of hydrogen-bond donors (Lipinski definition) is 1. The topological polar surface area (TPSA) is 121 Å². The Balaban J connectivity index is 1.40. The molecule has 6 rings (SSSR count). The number of nitrogens with one attached hydrogen (secondary N) is 1. The third kappa shape index (κ3) is 7.12. The molecule has 3 aliphatic rings. The summed E-state index contributed by atoms with van der Waals surface area (Å²) in [6.07, 6.45) is 7.76. The van der Waals surface area contributed by atoms with Gasteiger partial charge >= 0.3 is 0 Å².